The van der Waals surface area contributed by atoms with Gasteiger partial charge in [-0.25, -0.2) is 9.97 Å². The Hall–Kier alpha value is -2.27. The lowest BCUT2D eigenvalue weighted by atomic mass is 9.98. The van der Waals surface area contributed by atoms with Crippen LogP contribution in [0.2, 0.25) is 0 Å². The van der Waals surface area contributed by atoms with E-state index < -0.39 is 0 Å². The predicted molar refractivity (Wildman–Crippen MR) is 111 cm³/mol. The number of hydrogen-bond acceptors (Lipinski definition) is 5. The van der Waals surface area contributed by atoms with Gasteiger partial charge in [0.2, 0.25) is 0 Å². The highest BCUT2D eigenvalue weighted by Crippen LogP contribution is 2.41. The maximum absolute atomic E-state index is 11.8. The van der Waals surface area contributed by atoms with Crippen LogP contribution in [0.4, 0.5) is 5.82 Å². The van der Waals surface area contributed by atoms with E-state index in [1.54, 1.807) is 13.3 Å². The van der Waals surface area contributed by atoms with Gasteiger partial charge in [-0.2, -0.15) is 0 Å². The number of benzene rings is 1. The van der Waals surface area contributed by atoms with E-state index in [1.807, 2.05) is 12.1 Å². The normalized spacial score (nSPS) is 20.1. The average Bonchev–Trinajstić information content (AvgIpc) is 3.12. The van der Waals surface area contributed by atoms with Crippen LogP contribution in [0.5, 0.6) is 0 Å². The topological polar surface area (TPSA) is 49.3 Å². The number of carbonyl (C=O) groups is 1. The standard InChI is InChI=1S/C23H28N4O/c1-16(28)17-5-6-20-18(13-17)14-21-22(20)23(25-15-24-21)27-11-7-19(8-12-27)26-9-3-2-4-10-26/h5-6,13,15,19H,2-4,7-12,14H2,1H3. The largest absolute Gasteiger partial charge is 0.356 e. The fraction of sp³-hybridized carbons (Fsp3) is 0.522. The lowest BCUT2D eigenvalue weighted by molar-refractivity contribution is 0.101. The Balaban J connectivity index is 1.38. The van der Waals surface area contributed by atoms with E-state index >= 15 is 0 Å². The zero-order chi connectivity index (χ0) is 19.1. The van der Waals surface area contributed by atoms with Gasteiger partial charge < -0.3 is 9.80 Å². The van der Waals surface area contributed by atoms with Crippen LogP contribution in [0.15, 0.2) is 24.5 Å². The van der Waals surface area contributed by atoms with Crippen LogP contribution in [0.1, 0.15) is 60.6 Å². The molecule has 0 spiro atoms. The molecule has 0 amide bonds. The van der Waals surface area contributed by atoms with Gasteiger partial charge >= 0.3 is 0 Å². The Morgan fingerprint density at radius 2 is 1.82 bits per heavy atom. The van der Waals surface area contributed by atoms with Crippen molar-refractivity contribution in [3.63, 3.8) is 0 Å². The molecular weight excluding hydrogens is 348 g/mol. The molecule has 2 saturated heterocycles. The predicted octanol–water partition coefficient (Wildman–Crippen LogP) is 3.71. The van der Waals surface area contributed by atoms with Crippen LogP contribution < -0.4 is 4.90 Å². The van der Waals surface area contributed by atoms with E-state index in [4.69, 9.17) is 4.98 Å². The Kier molecular flexibility index (Phi) is 4.63. The molecule has 5 rings (SSSR count). The quantitative estimate of drug-likeness (QED) is 0.652. The van der Waals surface area contributed by atoms with Gasteiger partial charge in [-0.05, 0) is 62.9 Å². The third kappa shape index (κ3) is 3.12. The number of Topliss-reactive ketones (excluding diaryl/α,β-unsaturated/α-hetero) is 1. The zero-order valence-electron chi connectivity index (χ0n) is 16.7. The summed E-state index contributed by atoms with van der Waals surface area (Å²) < 4.78 is 0. The number of hydrogen-bond donors (Lipinski definition) is 0. The van der Waals surface area contributed by atoms with Crippen molar-refractivity contribution in [2.24, 2.45) is 0 Å². The molecule has 0 unspecified atom stereocenters. The molecule has 0 radical (unpaired) electrons. The summed E-state index contributed by atoms with van der Waals surface area (Å²) in [5.74, 6) is 1.20. The van der Waals surface area contributed by atoms with Crippen molar-refractivity contribution in [2.75, 3.05) is 31.1 Å². The van der Waals surface area contributed by atoms with Crippen LogP contribution in [-0.2, 0) is 6.42 Å². The third-order valence-corrected chi connectivity index (χ3v) is 6.72. The van der Waals surface area contributed by atoms with E-state index in [1.165, 1.54) is 61.9 Å². The molecule has 0 bridgehead atoms. The van der Waals surface area contributed by atoms with Gasteiger partial charge in [0, 0.05) is 36.7 Å². The molecule has 2 fully saturated rings. The summed E-state index contributed by atoms with van der Waals surface area (Å²) in [5.41, 5.74) is 5.47. The number of ketones is 1. The summed E-state index contributed by atoms with van der Waals surface area (Å²) in [4.78, 5) is 26.2. The minimum Gasteiger partial charge on any atom is -0.356 e. The van der Waals surface area contributed by atoms with Crippen molar-refractivity contribution in [3.8, 4) is 11.1 Å². The Morgan fingerprint density at radius 3 is 2.57 bits per heavy atom. The lowest BCUT2D eigenvalue weighted by Gasteiger charge is -2.40. The molecule has 3 heterocycles. The van der Waals surface area contributed by atoms with Gasteiger partial charge in [0.05, 0.1) is 5.69 Å². The monoisotopic (exact) mass is 376 g/mol. The molecule has 28 heavy (non-hydrogen) atoms. The third-order valence-electron chi connectivity index (χ3n) is 6.72. The highest BCUT2D eigenvalue weighted by Gasteiger charge is 2.30. The van der Waals surface area contributed by atoms with Crippen LogP contribution in [0.25, 0.3) is 11.1 Å². The second-order valence-electron chi connectivity index (χ2n) is 8.44. The smallest absolute Gasteiger partial charge is 0.159 e. The molecule has 1 aromatic heterocycles. The second kappa shape index (κ2) is 7.28. The molecule has 146 valence electrons. The van der Waals surface area contributed by atoms with E-state index in [9.17, 15) is 4.79 Å². The molecule has 3 aliphatic rings. The molecule has 0 saturated carbocycles. The van der Waals surface area contributed by atoms with E-state index in [0.29, 0.717) is 0 Å². The summed E-state index contributed by atoms with van der Waals surface area (Å²) in [7, 11) is 0. The number of piperidine rings is 2. The number of likely N-dealkylation sites (tertiary alicyclic amines) is 1. The zero-order valence-corrected chi connectivity index (χ0v) is 16.7. The summed E-state index contributed by atoms with van der Waals surface area (Å²) in [5, 5.41) is 0. The molecule has 1 aliphatic carbocycles. The Morgan fingerprint density at radius 1 is 1.04 bits per heavy atom. The molecule has 5 heteroatoms. The number of carbonyl (C=O) groups excluding carboxylic acids is 1. The first-order valence-corrected chi connectivity index (χ1v) is 10.7. The fourth-order valence-corrected chi connectivity index (χ4v) is 5.17. The summed E-state index contributed by atoms with van der Waals surface area (Å²) in [6.07, 6.45) is 9.06. The van der Waals surface area contributed by atoms with Crippen molar-refractivity contribution >= 4 is 11.6 Å². The van der Waals surface area contributed by atoms with Gasteiger partial charge in [-0.3, -0.25) is 4.79 Å². The van der Waals surface area contributed by atoms with Crippen molar-refractivity contribution in [1.82, 2.24) is 14.9 Å². The van der Waals surface area contributed by atoms with Crippen molar-refractivity contribution in [3.05, 3.63) is 41.3 Å². The first-order valence-electron chi connectivity index (χ1n) is 10.7. The second-order valence-corrected chi connectivity index (χ2v) is 8.44. The summed E-state index contributed by atoms with van der Waals surface area (Å²) in [6.45, 7) is 6.30. The van der Waals surface area contributed by atoms with Gasteiger partial charge in [-0.1, -0.05) is 18.6 Å². The summed E-state index contributed by atoms with van der Waals surface area (Å²) in [6, 6.07) is 6.80. The maximum atomic E-state index is 11.8. The Bertz CT molecular complexity index is 895. The van der Waals surface area contributed by atoms with Crippen LogP contribution >= 0.6 is 0 Å². The molecular formula is C23H28N4O. The maximum Gasteiger partial charge on any atom is 0.159 e. The van der Waals surface area contributed by atoms with Crippen LogP contribution in [0.3, 0.4) is 0 Å². The van der Waals surface area contributed by atoms with Crippen molar-refractivity contribution < 1.29 is 4.79 Å². The first-order chi connectivity index (χ1) is 13.7. The van der Waals surface area contributed by atoms with Gasteiger partial charge in [-0.15, -0.1) is 0 Å². The number of nitrogens with zero attached hydrogens (tertiary/aromatic N) is 4. The number of rotatable bonds is 3. The summed E-state index contributed by atoms with van der Waals surface area (Å²) >= 11 is 0. The van der Waals surface area contributed by atoms with E-state index in [-0.39, 0.29) is 5.78 Å². The van der Waals surface area contributed by atoms with Gasteiger partial charge in [0.1, 0.15) is 12.1 Å². The number of anilines is 1. The van der Waals surface area contributed by atoms with Crippen molar-refractivity contribution in [2.45, 2.75) is 51.5 Å². The highest BCUT2D eigenvalue weighted by atomic mass is 16.1. The molecule has 5 nitrogen and oxygen atoms in total. The SMILES string of the molecule is CC(=O)c1ccc2c(c1)Cc1ncnc(N3CCC(N4CCCCC4)CC3)c1-2. The molecule has 0 N–H and O–H groups in total. The van der Waals surface area contributed by atoms with Gasteiger partial charge in [0.25, 0.3) is 0 Å². The van der Waals surface area contributed by atoms with Crippen LogP contribution in [0, 0.1) is 0 Å². The van der Waals surface area contributed by atoms with Crippen molar-refractivity contribution in [1.29, 1.82) is 0 Å². The minimum atomic E-state index is 0.116. The molecule has 2 aliphatic heterocycles. The fourth-order valence-electron chi connectivity index (χ4n) is 5.17. The van der Waals surface area contributed by atoms with Crippen LogP contribution in [-0.4, -0.2) is 52.9 Å². The van der Waals surface area contributed by atoms with E-state index in [0.717, 1.165) is 42.6 Å². The highest BCUT2D eigenvalue weighted by molar-refractivity contribution is 5.96. The van der Waals surface area contributed by atoms with Gasteiger partial charge in [0.15, 0.2) is 5.78 Å². The number of aromatic nitrogens is 2. The molecule has 0 atom stereocenters. The van der Waals surface area contributed by atoms with E-state index in [2.05, 4.69) is 20.9 Å². The molecule has 1 aromatic carbocycles. The Labute approximate surface area is 166 Å². The average molecular weight is 377 g/mol. The number of fused-ring (bicyclic) bond motifs is 3. The minimum absolute atomic E-state index is 0.116. The first kappa shape index (κ1) is 17.8. The molecule has 2 aromatic rings. The lowest BCUT2D eigenvalue weighted by Crippen LogP contribution is -2.47.